The molecule has 0 saturated carbocycles. The van der Waals surface area contributed by atoms with Crippen LogP contribution >= 0.6 is 0 Å². The number of hydrogen-bond donors (Lipinski definition) is 1. The van der Waals surface area contributed by atoms with Gasteiger partial charge in [-0.05, 0) is 45.3 Å². The first-order chi connectivity index (χ1) is 9.51. The van der Waals surface area contributed by atoms with Crippen molar-refractivity contribution < 1.29 is 16.8 Å². The van der Waals surface area contributed by atoms with Gasteiger partial charge in [-0.25, -0.2) is 16.8 Å². The maximum Gasteiger partial charge on any atom is 0.177 e. The van der Waals surface area contributed by atoms with Gasteiger partial charge >= 0.3 is 0 Å². The Labute approximate surface area is 127 Å². The number of nitrogens with one attached hydrogen (secondary N) is 1. The Bertz CT molecular complexity index is 695. The quantitative estimate of drug-likeness (QED) is 0.745. The predicted molar refractivity (Wildman–Crippen MR) is 84.3 cm³/mol. The van der Waals surface area contributed by atoms with Crippen molar-refractivity contribution in [3.63, 3.8) is 0 Å². The van der Waals surface area contributed by atoms with E-state index in [4.69, 9.17) is 0 Å². The lowest BCUT2D eigenvalue weighted by molar-refractivity contribution is 0.405. The minimum atomic E-state index is -3.51. The lowest BCUT2D eigenvalue weighted by Gasteiger charge is -2.14. The summed E-state index contributed by atoms with van der Waals surface area (Å²) in [6.07, 6.45) is 2.97. The molecule has 0 amide bonds. The maximum atomic E-state index is 11.8. The van der Waals surface area contributed by atoms with Gasteiger partial charge in [0, 0.05) is 19.1 Å². The number of benzene rings is 1. The van der Waals surface area contributed by atoms with Gasteiger partial charge in [0.05, 0.1) is 15.5 Å². The second kappa shape index (κ2) is 6.76. The highest BCUT2D eigenvalue weighted by Crippen LogP contribution is 2.25. The molecule has 0 spiro atoms. The average Bonchev–Trinajstić information content (AvgIpc) is 2.32. The van der Waals surface area contributed by atoms with Gasteiger partial charge in [0.2, 0.25) is 0 Å². The van der Waals surface area contributed by atoms with E-state index in [0.29, 0.717) is 12.2 Å². The molecule has 8 heteroatoms. The van der Waals surface area contributed by atoms with E-state index in [2.05, 4.69) is 5.32 Å². The van der Waals surface area contributed by atoms with Crippen LogP contribution in [0.5, 0.6) is 0 Å². The van der Waals surface area contributed by atoms with Crippen molar-refractivity contribution in [1.29, 1.82) is 0 Å². The number of rotatable bonds is 7. The first-order valence-corrected chi connectivity index (χ1v) is 10.2. The van der Waals surface area contributed by atoms with Crippen LogP contribution in [-0.4, -0.2) is 61.4 Å². The van der Waals surface area contributed by atoms with Crippen LogP contribution < -0.4 is 5.32 Å². The summed E-state index contributed by atoms with van der Waals surface area (Å²) in [7, 11) is -3.02. The van der Waals surface area contributed by atoms with Crippen molar-refractivity contribution in [1.82, 2.24) is 4.90 Å². The summed E-state index contributed by atoms with van der Waals surface area (Å²) < 4.78 is 46.7. The largest absolute Gasteiger partial charge is 0.384 e. The minimum Gasteiger partial charge on any atom is -0.384 e. The van der Waals surface area contributed by atoms with E-state index >= 15 is 0 Å². The van der Waals surface area contributed by atoms with Gasteiger partial charge in [0.1, 0.15) is 0 Å². The smallest absolute Gasteiger partial charge is 0.177 e. The lowest BCUT2D eigenvalue weighted by atomic mass is 10.3. The van der Waals surface area contributed by atoms with Crippen LogP contribution in [-0.2, 0) is 19.7 Å². The maximum absolute atomic E-state index is 11.8. The van der Waals surface area contributed by atoms with Crippen molar-refractivity contribution in [2.75, 3.05) is 45.0 Å². The molecule has 0 aliphatic carbocycles. The van der Waals surface area contributed by atoms with Crippen LogP contribution in [0.3, 0.4) is 0 Å². The summed E-state index contributed by atoms with van der Waals surface area (Å²) in [5.41, 5.74) is 0.434. The zero-order chi connectivity index (χ0) is 16.3. The van der Waals surface area contributed by atoms with Gasteiger partial charge in [-0.15, -0.1) is 0 Å². The van der Waals surface area contributed by atoms with Gasteiger partial charge < -0.3 is 10.2 Å². The molecule has 0 aliphatic heterocycles. The number of hydrogen-bond acceptors (Lipinski definition) is 6. The standard InChI is InChI=1S/C13H22N2O4S2/c1-15(2)9-5-8-14-12-7-6-11(20(3,16)17)10-13(12)21(4,18)19/h6-7,10,14H,5,8-9H2,1-4H3. The zero-order valence-electron chi connectivity index (χ0n) is 12.8. The molecule has 0 aromatic heterocycles. The molecule has 0 atom stereocenters. The third-order valence-corrected chi connectivity index (χ3v) is 5.13. The van der Waals surface area contributed by atoms with Crippen molar-refractivity contribution in [2.45, 2.75) is 16.2 Å². The molecule has 1 aromatic carbocycles. The summed E-state index contributed by atoms with van der Waals surface area (Å²) >= 11 is 0. The molecule has 0 saturated heterocycles. The first-order valence-electron chi connectivity index (χ1n) is 6.44. The molecule has 21 heavy (non-hydrogen) atoms. The number of nitrogens with zero attached hydrogens (tertiary/aromatic N) is 1. The van der Waals surface area contributed by atoms with Crippen molar-refractivity contribution in [3.05, 3.63) is 18.2 Å². The third kappa shape index (κ3) is 5.64. The Morgan fingerprint density at radius 1 is 1.05 bits per heavy atom. The fraction of sp³-hybridized carbons (Fsp3) is 0.538. The highest BCUT2D eigenvalue weighted by atomic mass is 32.2. The van der Waals surface area contributed by atoms with E-state index in [1.165, 1.54) is 18.2 Å². The van der Waals surface area contributed by atoms with Crippen molar-refractivity contribution in [2.24, 2.45) is 0 Å². The van der Waals surface area contributed by atoms with Gasteiger partial charge in [0.25, 0.3) is 0 Å². The molecule has 1 aromatic rings. The second-order valence-electron chi connectivity index (χ2n) is 5.29. The first kappa shape index (κ1) is 17.9. The number of anilines is 1. The minimum absolute atomic E-state index is 0.00164. The molecule has 1 N–H and O–H groups in total. The molecule has 0 bridgehead atoms. The SMILES string of the molecule is CN(C)CCCNc1ccc(S(C)(=O)=O)cc1S(C)(=O)=O. The highest BCUT2D eigenvalue weighted by Gasteiger charge is 2.17. The van der Waals surface area contributed by atoms with Crippen molar-refractivity contribution >= 4 is 25.4 Å². The van der Waals surface area contributed by atoms with E-state index in [9.17, 15) is 16.8 Å². The predicted octanol–water partition coefficient (Wildman–Crippen LogP) is 0.857. The normalized spacial score (nSPS) is 12.6. The summed E-state index contributed by atoms with van der Waals surface area (Å²) in [6.45, 7) is 1.49. The van der Waals surface area contributed by atoms with Gasteiger partial charge in [0.15, 0.2) is 19.7 Å². The molecule has 0 radical (unpaired) electrons. The van der Waals surface area contributed by atoms with Crippen LogP contribution in [0.15, 0.2) is 28.0 Å². The van der Waals surface area contributed by atoms with E-state index in [1.54, 1.807) is 0 Å². The van der Waals surface area contributed by atoms with Crippen LogP contribution in [0.1, 0.15) is 6.42 Å². The molecule has 6 nitrogen and oxygen atoms in total. The third-order valence-electron chi connectivity index (χ3n) is 2.88. The Morgan fingerprint density at radius 3 is 2.14 bits per heavy atom. The van der Waals surface area contributed by atoms with Crippen LogP contribution in [0.4, 0.5) is 5.69 Å². The molecular formula is C13H22N2O4S2. The topological polar surface area (TPSA) is 83.6 Å². The summed E-state index contributed by atoms with van der Waals surface area (Å²) in [6, 6.07) is 4.12. The Hall–Kier alpha value is -1.12. The van der Waals surface area contributed by atoms with Gasteiger partial charge in [-0.3, -0.25) is 0 Å². The molecule has 1 rings (SSSR count). The Morgan fingerprint density at radius 2 is 1.67 bits per heavy atom. The number of sulfone groups is 2. The van der Waals surface area contributed by atoms with Crippen molar-refractivity contribution in [3.8, 4) is 0 Å². The Balaban J connectivity index is 3.04. The molecule has 0 fully saturated rings. The van der Waals surface area contributed by atoms with Gasteiger partial charge in [-0.1, -0.05) is 0 Å². The molecule has 0 heterocycles. The van der Waals surface area contributed by atoms with E-state index < -0.39 is 19.7 Å². The summed E-state index contributed by atoms with van der Waals surface area (Å²) in [4.78, 5) is 2.04. The molecule has 120 valence electrons. The van der Waals surface area contributed by atoms with Crippen LogP contribution in [0, 0.1) is 0 Å². The van der Waals surface area contributed by atoms with Crippen LogP contribution in [0.2, 0.25) is 0 Å². The second-order valence-corrected chi connectivity index (χ2v) is 9.29. The monoisotopic (exact) mass is 334 g/mol. The van der Waals surface area contributed by atoms with E-state index in [0.717, 1.165) is 25.5 Å². The highest BCUT2D eigenvalue weighted by molar-refractivity contribution is 7.91. The molecule has 0 aliphatic rings. The van der Waals surface area contributed by atoms with Crippen LogP contribution in [0.25, 0.3) is 0 Å². The summed E-state index contributed by atoms with van der Waals surface area (Å²) in [5, 5.41) is 3.05. The summed E-state index contributed by atoms with van der Waals surface area (Å²) in [5.74, 6) is 0. The fourth-order valence-corrected chi connectivity index (χ4v) is 3.41. The lowest BCUT2D eigenvalue weighted by Crippen LogP contribution is -2.17. The molecular weight excluding hydrogens is 312 g/mol. The fourth-order valence-electron chi connectivity index (χ4n) is 1.80. The van der Waals surface area contributed by atoms with Gasteiger partial charge in [-0.2, -0.15) is 0 Å². The Kier molecular flexibility index (Phi) is 5.77. The average molecular weight is 334 g/mol. The zero-order valence-corrected chi connectivity index (χ0v) is 14.4. The van der Waals surface area contributed by atoms with E-state index in [1.807, 2.05) is 19.0 Å². The van der Waals surface area contributed by atoms with E-state index in [-0.39, 0.29) is 9.79 Å². The molecule has 0 unspecified atom stereocenters.